The Morgan fingerprint density at radius 3 is 2.37 bits per heavy atom. The number of aromatic nitrogens is 1. The van der Waals surface area contributed by atoms with E-state index in [1.54, 1.807) is 6.07 Å². The zero-order valence-corrected chi connectivity index (χ0v) is 24.2. The van der Waals surface area contributed by atoms with E-state index >= 15 is 0 Å². The highest BCUT2D eigenvalue weighted by atomic mass is 32.1. The minimum Gasteiger partial charge on any atom is -0.507 e. The number of amides is 1. The summed E-state index contributed by atoms with van der Waals surface area (Å²) in [4.78, 5) is 42.3. The highest BCUT2D eigenvalue weighted by molar-refractivity contribution is 7.22. The van der Waals surface area contributed by atoms with Crippen LogP contribution in [0.15, 0.2) is 60.2 Å². The molecule has 9 heteroatoms. The van der Waals surface area contributed by atoms with E-state index in [4.69, 9.17) is 19.6 Å². The minimum atomic E-state index is -0.833. The van der Waals surface area contributed by atoms with Gasteiger partial charge in [0.1, 0.15) is 17.6 Å². The number of ketones is 1. The largest absolute Gasteiger partial charge is 0.507 e. The molecule has 1 aromatic heterocycles. The average molecular weight is 571 g/mol. The van der Waals surface area contributed by atoms with Crippen molar-refractivity contribution >= 4 is 50.1 Å². The number of hydrogen-bond acceptors (Lipinski definition) is 7. The van der Waals surface area contributed by atoms with Crippen LogP contribution in [0.3, 0.4) is 0 Å². The lowest BCUT2D eigenvalue weighted by molar-refractivity contribution is -0.134. The highest BCUT2D eigenvalue weighted by Gasteiger charge is 2.48. The van der Waals surface area contributed by atoms with Gasteiger partial charge in [0.2, 0.25) is 0 Å². The smallest absolute Gasteiger partial charge is 0.301 e. The summed E-state index contributed by atoms with van der Waals surface area (Å²) in [5.41, 5.74) is 6.23. The summed E-state index contributed by atoms with van der Waals surface area (Å²) in [6.07, 6.45) is 0.771. The fourth-order valence-electron chi connectivity index (χ4n) is 5.28. The number of aryl methyl sites for hydroxylation is 3. The maximum absolute atomic E-state index is 13.5. The second-order valence-electron chi connectivity index (χ2n) is 10.5. The number of benzene rings is 3. The van der Waals surface area contributed by atoms with Gasteiger partial charge in [0.25, 0.3) is 11.8 Å². The topological polar surface area (TPSA) is 117 Å². The van der Waals surface area contributed by atoms with Crippen molar-refractivity contribution in [3.8, 4) is 5.75 Å². The molecule has 210 valence electrons. The lowest BCUT2D eigenvalue weighted by Gasteiger charge is -2.23. The van der Waals surface area contributed by atoms with Gasteiger partial charge in [-0.3, -0.25) is 19.3 Å². The molecular weight excluding hydrogens is 540 g/mol. The van der Waals surface area contributed by atoms with Crippen LogP contribution in [0.25, 0.3) is 16.0 Å². The van der Waals surface area contributed by atoms with Gasteiger partial charge in [0, 0.05) is 18.9 Å². The third-order valence-electron chi connectivity index (χ3n) is 7.03. The van der Waals surface area contributed by atoms with Crippen molar-refractivity contribution < 1.29 is 29.3 Å². The van der Waals surface area contributed by atoms with Crippen molar-refractivity contribution in [1.29, 1.82) is 0 Å². The highest BCUT2D eigenvalue weighted by Crippen LogP contribution is 2.45. The van der Waals surface area contributed by atoms with E-state index in [-0.39, 0.29) is 17.4 Å². The summed E-state index contributed by atoms with van der Waals surface area (Å²) in [5, 5.41) is 19.4. The molecule has 3 aromatic carbocycles. The van der Waals surface area contributed by atoms with Crippen molar-refractivity contribution in [2.45, 2.75) is 53.2 Å². The number of thiazole rings is 1. The van der Waals surface area contributed by atoms with E-state index < -0.39 is 23.7 Å². The molecule has 0 bridgehead atoms. The quantitative estimate of drug-likeness (QED) is 0.170. The molecule has 2 aliphatic rings. The summed E-state index contributed by atoms with van der Waals surface area (Å²) >= 11 is 1.38. The lowest BCUT2D eigenvalue weighted by Crippen LogP contribution is -2.29. The number of Topliss-reactive ketones (excluding diaryl/α,β-unsaturated/α-hetero) is 1. The number of carboxylic acids is 1. The van der Waals surface area contributed by atoms with Gasteiger partial charge in [-0.2, -0.15) is 0 Å². The first-order valence-electron chi connectivity index (χ1n) is 13.2. The number of ether oxygens (including phenoxy) is 1. The SMILES string of the molecule is CC(=O)O.Cc1ccc(C2/C(=C(\O)c3ccc4c(c3)CC(C)O4)C(=O)C(=O)N2c2nc3c(C)cc(C)cc3s2)cc1. The van der Waals surface area contributed by atoms with Gasteiger partial charge in [0.15, 0.2) is 5.13 Å². The maximum Gasteiger partial charge on any atom is 0.301 e. The molecule has 8 nitrogen and oxygen atoms in total. The van der Waals surface area contributed by atoms with Gasteiger partial charge in [-0.25, -0.2) is 4.98 Å². The van der Waals surface area contributed by atoms with Gasteiger partial charge in [-0.1, -0.05) is 47.2 Å². The van der Waals surface area contributed by atoms with Crippen LogP contribution in [0.4, 0.5) is 5.13 Å². The molecule has 0 saturated carbocycles. The molecule has 1 amide bonds. The number of anilines is 1. The second kappa shape index (κ2) is 10.8. The predicted octanol–water partition coefficient (Wildman–Crippen LogP) is 6.26. The van der Waals surface area contributed by atoms with Gasteiger partial charge in [0.05, 0.1) is 21.8 Å². The van der Waals surface area contributed by atoms with Crippen molar-refractivity contribution in [3.05, 3.63) is 93.6 Å². The Hall–Kier alpha value is -4.50. The molecule has 2 N–H and O–H groups in total. The van der Waals surface area contributed by atoms with Crippen LogP contribution >= 0.6 is 11.3 Å². The molecule has 1 saturated heterocycles. The molecule has 2 atom stereocenters. The molecule has 2 unspecified atom stereocenters. The van der Waals surface area contributed by atoms with E-state index in [1.807, 2.05) is 70.2 Å². The molecule has 0 spiro atoms. The fraction of sp³-hybridized carbons (Fsp3) is 0.250. The lowest BCUT2D eigenvalue weighted by atomic mass is 9.94. The summed E-state index contributed by atoms with van der Waals surface area (Å²) in [6.45, 7) is 9.06. The number of aliphatic hydroxyl groups is 1. The van der Waals surface area contributed by atoms with E-state index in [0.717, 1.165) is 57.1 Å². The summed E-state index contributed by atoms with van der Waals surface area (Å²) in [7, 11) is 0. The third kappa shape index (κ3) is 5.32. The zero-order chi connectivity index (χ0) is 29.6. The predicted molar refractivity (Wildman–Crippen MR) is 159 cm³/mol. The number of carbonyl (C=O) groups is 3. The Bertz CT molecular complexity index is 1730. The fourth-order valence-corrected chi connectivity index (χ4v) is 6.45. The third-order valence-corrected chi connectivity index (χ3v) is 8.03. The van der Waals surface area contributed by atoms with E-state index in [9.17, 15) is 14.7 Å². The molecule has 0 aliphatic carbocycles. The van der Waals surface area contributed by atoms with Gasteiger partial charge < -0.3 is 14.9 Å². The molecular formula is C32H30N2O6S. The number of aliphatic hydroxyl groups excluding tert-OH is 1. The molecule has 3 heterocycles. The minimum absolute atomic E-state index is 0.0525. The molecule has 4 aromatic rings. The molecule has 6 rings (SSSR count). The number of fused-ring (bicyclic) bond motifs is 2. The Labute approximate surface area is 241 Å². The van der Waals surface area contributed by atoms with E-state index in [1.165, 1.54) is 16.2 Å². The van der Waals surface area contributed by atoms with Crippen molar-refractivity contribution in [2.24, 2.45) is 0 Å². The van der Waals surface area contributed by atoms with Crippen molar-refractivity contribution in [2.75, 3.05) is 4.90 Å². The summed E-state index contributed by atoms with van der Waals surface area (Å²) < 4.78 is 6.74. The molecule has 41 heavy (non-hydrogen) atoms. The van der Waals surface area contributed by atoms with Crippen LogP contribution in [0.1, 0.15) is 53.3 Å². The number of carboxylic acid groups (broad SMARTS) is 1. The number of hydrogen-bond donors (Lipinski definition) is 2. The monoisotopic (exact) mass is 570 g/mol. The number of carbonyl (C=O) groups excluding carboxylic acids is 2. The molecule has 2 aliphatic heterocycles. The van der Waals surface area contributed by atoms with Crippen LogP contribution in [0.2, 0.25) is 0 Å². The standard InChI is InChI=1S/C30H26N2O4S.C2H4O2/c1-15-5-7-19(8-6-15)26-24(27(33)20-9-10-22-21(14-20)13-18(4)36-22)28(34)29(35)32(26)30-31-25-17(3)11-16(2)12-23(25)37-30;1-2(3)4/h5-12,14,18,26,33H,13H2,1-4H3;1H3,(H,3,4)/b27-24+;. The number of nitrogens with zero attached hydrogens (tertiary/aromatic N) is 2. The Balaban J connectivity index is 0.000000794. The van der Waals surface area contributed by atoms with Gasteiger partial charge in [-0.15, -0.1) is 0 Å². The Morgan fingerprint density at radius 2 is 1.68 bits per heavy atom. The molecule has 0 radical (unpaired) electrons. The van der Waals surface area contributed by atoms with E-state index in [0.29, 0.717) is 10.7 Å². The Kier molecular flexibility index (Phi) is 7.40. The van der Waals surface area contributed by atoms with Crippen LogP contribution in [-0.4, -0.2) is 39.0 Å². The van der Waals surface area contributed by atoms with Gasteiger partial charge in [-0.05, 0) is 74.2 Å². The zero-order valence-electron chi connectivity index (χ0n) is 23.4. The first-order chi connectivity index (χ1) is 19.4. The van der Waals surface area contributed by atoms with Crippen molar-refractivity contribution in [3.63, 3.8) is 0 Å². The first-order valence-corrected chi connectivity index (χ1v) is 14.0. The van der Waals surface area contributed by atoms with Gasteiger partial charge >= 0.3 is 5.91 Å². The average Bonchev–Trinajstić information content (AvgIpc) is 3.56. The van der Waals surface area contributed by atoms with E-state index in [2.05, 4.69) is 6.07 Å². The second-order valence-corrected chi connectivity index (χ2v) is 11.5. The molecule has 1 fully saturated rings. The number of rotatable bonds is 3. The summed E-state index contributed by atoms with van der Waals surface area (Å²) in [5.74, 6) is -1.67. The van der Waals surface area contributed by atoms with Crippen LogP contribution in [0, 0.1) is 20.8 Å². The van der Waals surface area contributed by atoms with Crippen LogP contribution < -0.4 is 9.64 Å². The number of aliphatic carboxylic acids is 1. The van der Waals surface area contributed by atoms with Crippen LogP contribution in [0.5, 0.6) is 5.75 Å². The maximum atomic E-state index is 13.5. The normalized spacial score (nSPS) is 19.1. The van der Waals surface area contributed by atoms with Crippen LogP contribution in [-0.2, 0) is 20.8 Å². The first kappa shape index (κ1) is 28.0. The summed E-state index contributed by atoms with van der Waals surface area (Å²) in [6, 6.07) is 16.3. The van der Waals surface area contributed by atoms with Crippen molar-refractivity contribution in [1.82, 2.24) is 4.98 Å². The Morgan fingerprint density at radius 1 is 1.00 bits per heavy atom.